The lowest BCUT2D eigenvalue weighted by atomic mass is 10.1. The number of aromatic nitrogens is 1. The first-order chi connectivity index (χ1) is 10.2. The van der Waals surface area contributed by atoms with Gasteiger partial charge < -0.3 is 9.88 Å². The van der Waals surface area contributed by atoms with Crippen LogP contribution in [0.3, 0.4) is 0 Å². The lowest BCUT2D eigenvalue weighted by Gasteiger charge is -2.12. The molecule has 0 spiro atoms. The van der Waals surface area contributed by atoms with Crippen LogP contribution in [0.1, 0.15) is 52.0 Å². The topological polar surface area (TPSA) is 17.0 Å². The lowest BCUT2D eigenvalue weighted by Crippen LogP contribution is -2.19. The number of hydrogen-bond acceptors (Lipinski definition) is 1. The highest BCUT2D eigenvalue weighted by molar-refractivity contribution is 5.83. The monoisotopic (exact) mass is 286 g/mol. The molecule has 0 aliphatic carbocycles. The SMILES string of the molecule is CCCCCCn1ccc2cccc(CNCC(C)C)c21. The van der Waals surface area contributed by atoms with Crippen molar-refractivity contribution in [1.82, 2.24) is 9.88 Å². The number of rotatable bonds is 9. The summed E-state index contributed by atoms with van der Waals surface area (Å²) in [6.07, 6.45) is 7.52. The Balaban J connectivity index is 2.07. The summed E-state index contributed by atoms with van der Waals surface area (Å²) >= 11 is 0. The summed E-state index contributed by atoms with van der Waals surface area (Å²) in [7, 11) is 0. The van der Waals surface area contributed by atoms with Crippen LogP contribution in [0.4, 0.5) is 0 Å². The molecule has 2 nitrogen and oxygen atoms in total. The molecule has 1 aromatic carbocycles. The molecule has 1 N–H and O–H groups in total. The van der Waals surface area contributed by atoms with Crippen molar-refractivity contribution >= 4 is 10.9 Å². The Morgan fingerprint density at radius 1 is 1.10 bits per heavy atom. The van der Waals surface area contributed by atoms with Gasteiger partial charge in [-0.05, 0) is 35.9 Å². The van der Waals surface area contributed by atoms with Crippen molar-refractivity contribution in [2.75, 3.05) is 6.54 Å². The van der Waals surface area contributed by atoms with E-state index >= 15 is 0 Å². The third-order valence-electron chi connectivity index (χ3n) is 3.99. The third kappa shape index (κ3) is 4.60. The van der Waals surface area contributed by atoms with Crippen LogP contribution in [0, 0.1) is 5.92 Å². The van der Waals surface area contributed by atoms with Gasteiger partial charge in [-0.1, -0.05) is 58.2 Å². The van der Waals surface area contributed by atoms with E-state index < -0.39 is 0 Å². The highest BCUT2D eigenvalue weighted by Crippen LogP contribution is 2.21. The second kappa shape index (κ2) is 8.23. The minimum Gasteiger partial charge on any atom is -0.347 e. The van der Waals surface area contributed by atoms with E-state index in [1.54, 1.807) is 0 Å². The first kappa shape index (κ1) is 16.1. The predicted octanol–water partition coefficient (Wildman–Crippen LogP) is 4.97. The van der Waals surface area contributed by atoms with E-state index in [4.69, 9.17) is 0 Å². The summed E-state index contributed by atoms with van der Waals surface area (Å²) in [5.41, 5.74) is 2.85. The van der Waals surface area contributed by atoms with Gasteiger partial charge in [0.1, 0.15) is 0 Å². The Labute approximate surface area is 129 Å². The molecular weight excluding hydrogens is 256 g/mol. The predicted molar refractivity (Wildman–Crippen MR) is 92.6 cm³/mol. The van der Waals surface area contributed by atoms with Crippen molar-refractivity contribution in [3.05, 3.63) is 36.0 Å². The summed E-state index contributed by atoms with van der Waals surface area (Å²) < 4.78 is 2.44. The van der Waals surface area contributed by atoms with Crippen LogP contribution in [0.15, 0.2) is 30.5 Å². The Hall–Kier alpha value is -1.28. The fourth-order valence-electron chi connectivity index (χ4n) is 2.87. The smallest absolute Gasteiger partial charge is 0.0525 e. The molecule has 0 saturated heterocycles. The molecule has 0 amide bonds. The molecule has 21 heavy (non-hydrogen) atoms. The minimum atomic E-state index is 0.699. The molecule has 2 heteroatoms. The molecule has 0 aliphatic heterocycles. The molecule has 0 saturated carbocycles. The van der Waals surface area contributed by atoms with Gasteiger partial charge in [-0.2, -0.15) is 0 Å². The summed E-state index contributed by atoms with van der Waals surface area (Å²) in [6.45, 7) is 9.96. The van der Waals surface area contributed by atoms with Crippen LogP contribution in [0.5, 0.6) is 0 Å². The zero-order valence-electron chi connectivity index (χ0n) is 13.9. The van der Waals surface area contributed by atoms with Gasteiger partial charge in [0.05, 0.1) is 5.52 Å². The van der Waals surface area contributed by atoms with Crippen molar-refractivity contribution < 1.29 is 0 Å². The first-order valence-corrected chi connectivity index (χ1v) is 8.49. The third-order valence-corrected chi connectivity index (χ3v) is 3.99. The van der Waals surface area contributed by atoms with Gasteiger partial charge in [0.25, 0.3) is 0 Å². The molecule has 2 aromatic rings. The molecule has 0 aliphatic rings. The van der Waals surface area contributed by atoms with Crippen LogP contribution in [-0.4, -0.2) is 11.1 Å². The Morgan fingerprint density at radius 2 is 1.95 bits per heavy atom. The number of benzene rings is 1. The molecule has 116 valence electrons. The number of nitrogens with one attached hydrogen (secondary N) is 1. The van der Waals surface area contributed by atoms with Gasteiger partial charge in [0, 0.05) is 19.3 Å². The van der Waals surface area contributed by atoms with Crippen molar-refractivity contribution in [2.45, 2.75) is 59.5 Å². The van der Waals surface area contributed by atoms with Crippen LogP contribution < -0.4 is 5.32 Å². The van der Waals surface area contributed by atoms with Crippen LogP contribution >= 0.6 is 0 Å². The van der Waals surface area contributed by atoms with Gasteiger partial charge in [0.2, 0.25) is 0 Å². The zero-order valence-corrected chi connectivity index (χ0v) is 13.9. The van der Waals surface area contributed by atoms with Crippen molar-refractivity contribution in [3.8, 4) is 0 Å². The number of para-hydroxylation sites is 1. The van der Waals surface area contributed by atoms with E-state index in [0.29, 0.717) is 5.92 Å². The number of hydrogen-bond donors (Lipinski definition) is 1. The fraction of sp³-hybridized carbons (Fsp3) is 0.579. The normalized spacial score (nSPS) is 11.6. The molecule has 1 aromatic heterocycles. The van der Waals surface area contributed by atoms with Crippen molar-refractivity contribution in [3.63, 3.8) is 0 Å². The van der Waals surface area contributed by atoms with Gasteiger partial charge >= 0.3 is 0 Å². The Kier molecular flexibility index (Phi) is 6.31. The van der Waals surface area contributed by atoms with Gasteiger partial charge in [-0.25, -0.2) is 0 Å². The van der Waals surface area contributed by atoms with Gasteiger partial charge in [0.15, 0.2) is 0 Å². The first-order valence-electron chi connectivity index (χ1n) is 8.49. The quantitative estimate of drug-likeness (QED) is 0.644. The molecule has 0 atom stereocenters. The maximum absolute atomic E-state index is 3.57. The molecule has 0 bridgehead atoms. The number of unbranched alkanes of at least 4 members (excludes halogenated alkanes) is 3. The number of aryl methyl sites for hydroxylation is 1. The van der Waals surface area contributed by atoms with E-state index in [9.17, 15) is 0 Å². The second-order valence-corrected chi connectivity index (χ2v) is 6.45. The van der Waals surface area contributed by atoms with Gasteiger partial charge in [-0.3, -0.25) is 0 Å². The van der Waals surface area contributed by atoms with E-state index in [-0.39, 0.29) is 0 Å². The Morgan fingerprint density at radius 3 is 2.71 bits per heavy atom. The standard InChI is InChI=1S/C19H30N2/c1-4-5-6-7-12-21-13-11-17-9-8-10-18(19(17)21)15-20-14-16(2)3/h8-11,13,16,20H,4-7,12,14-15H2,1-3H3. The fourth-order valence-corrected chi connectivity index (χ4v) is 2.87. The minimum absolute atomic E-state index is 0.699. The maximum Gasteiger partial charge on any atom is 0.0525 e. The Bertz CT molecular complexity index is 539. The average molecular weight is 286 g/mol. The highest BCUT2D eigenvalue weighted by Gasteiger charge is 2.06. The number of nitrogens with zero attached hydrogens (tertiary/aromatic N) is 1. The van der Waals surface area contributed by atoms with E-state index in [2.05, 4.69) is 61.1 Å². The summed E-state index contributed by atoms with van der Waals surface area (Å²) in [6, 6.07) is 8.92. The average Bonchev–Trinajstić information content (AvgIpc) is 2.87. The molecule has 1 heterocycles. The highest BCUT2D eigenvalue weighted by atomic mass is 15.0. The summed E-state index contributed by atoms with van der Waals surface area (Å²) in [5.74, 6) is 0.699. The zero-order chi connectivity index (χ0) is 15.1. The second-order valence-electron chi connectivity index (χ2n) is 6.45. The van der Waals surface area contributed by atoms with E-state index in [0.717, 1.165) is 19.6 Å². The molecule has 0 radical (unpaired) electrons. The van der Waals surface area contributed by atoms with E-state index in [1.165, 1.54) is 42.1 Å². The van der Waals surface area contributed by atoms with Gasteiger partial charge in [-0.15, -0.1) is 0 Å². The number of fused-ring (bicyclic) bond motifs is 1. The molecule has 0 fully saturated rings. The van der Waals surface area contributed by atoms with Crippen molar-refractivity contribution in [1.29, 1.82) is 0 Å². The maximum atomic E-state index is 3.57. The summed E-state index contributed by atoms with van der Waals surface area (Å²) in [5, 5.41) is 4.94. The largest absolute Gasteiger partial charge is 0.347 e. The van der Waals surface area contributed by atoms with Crippen molar-refractivity contribution in [2.24, 2.45) is 5.92 Å². The van der Waals surface area contributed by atoms with Crippen LogP contribution in [0.2, 0.25) is 0 Å². The molecule has 2 rings (SSSR count). The van der Waals surface area contributed by atoms with Crippen LogP contribution in [-0.2, 0) is 13.1 Å². The molecular formula is C19H30N2. The summed E-state index contributed by atoms with van der Waals surface area (Å²) in [4.78, 5) is 0. The van der Waals surface area contributed by atoms with Crippen LogP contribution in [0.25, 0.3) is 10.9 Å². The molecule has 0 unspecified atom stereocenters. The lowest BCUT2D eigenvalue weighted by molar-refractivity contribution is 0.551. The van der Waals surface area contributed by atoms with E-state index in [1.807, 2.05) is 0 Å².